The summed E-state index contributed by atoms with van der Waals surface area (Å²) in [6, 6.07) is 1.70. The fourth-order valence-electron chi connectivity index (χ4n) is 1.12. The Morgan fingerprint density at radius 1 is 1.47 bits per heavy atom. The molecule has 6 heteroatoms. The van der Waals surface area contributed by atoms with Crippen LogP contribution in [0.3, 0.4) is 0 Å². The van der Waals surface area contributed by atoms with Crippen LogP contribution in [-0.2, 0) is 11.3 Å². The lowest BCUT2D eigenvalue weighted by Crippen LogP contribution is -2.32. The highest BCUT2D eigenvalue weighted by Gasteiger charge is 2.16. The Kier molecular flexibility index (Phi) is 7.44. The number of carbonyl (C=O) groups is 1. The first kappa shape index (κ1) is 17.7. The van der Waals surface area contributed by atoms with E-state index in [4.69, 9.17) is 10.5 Å². The largest absolute Gasteiger partial charge is 0.444 e. The van der Waals surface area contributed by atoms with Crippen LogP contribution < -0.4 is 11.1 Å². The van der Waals surface area contributed by atoms with Gasteiger partial charge in [-0.05, 0) is 48.3 Å². The second-order valence-corrected chi connectivity index (χ2v) is 5.41. The van der Waals surface area contributed by atoms with Gasteiger partial charge in [0.15, 0.2) is 0 Å². The summed E-state index contributed by atoms with van der Waals surface area (Å²) in [5, 5.41) is 2.65. The number of nitrogens with one attached hydrogen (secondary N) is 1. The van der Waals surface area contributed by atoms with Crippen LogP contribution in [0.5, 0.6) is 0 Å². The molecule has 0 fully saturated rings. The maximum atomic E-state index is 11.4. The molecule has 1 heterocycles. The van der Waals surface area contributed by atoms with Crippen LogP contribution in [0, 0.1) is 0 Å². The molecule has 0 bridgehead atoms. The maximum absolute atomic E-state index is 11.4. The van der Waals surface area contributed by atoms with Crippen LogP contribution in [0.15, 0.2) is 16.7 Å². The third-order valence-corrected chi connectivity index (χ3v) is 2.49. The van der Waals surface area contributed by atoms with E-state index in [0.29, 0.717) is 12.4 Å². The van der Waals surface area contributed by atoms with Gasteiger partial charge in [0.25, 0.3) is 0 Å². The number of pyridine rings is 1. The predicted molar refractivity (Wildman–Crippen MR) is 80.8 cm³/mol. The van der Waals surface area contributed by atoms with Gasteiger partial charge in [-0.3, -0.25) is 0 Å². The Labute approximate surface area is 123 Å². The summed E-state index contributed by atoms with van der Waals surface area (Å²) in [6.07, 6.45) is 1.14. The number of nitrogens with two attached hydrogens (primary N) is 1. The second kappa shape index (κ2) is 7.99. The van der Waals surface area contributed by atoms with Gasteiger partial charge in [0.1, 0.15) is 11.4 Å². The van der Waals surface area contributed by atoms with Gasteiger partial charge in [-0.15, -0.1) is 0 Å². The molecule has 19 heavy (non-hydrogen) atoms. The summed E-state index contributed by atoms with van der Waals surface area (Å²) < 4.78 is 5.91. The lowest BCUT2D eigenvalue weighted by atomic mass is 10.2. The average Bonchev–Trinajstić information content (AvgIpc) is 2.31. The number of alkyl carbamates (subject to hydrolysis) is 1. The minimum atomic E-state index is -0.501. The molecule has 108 valence electrons. The summed E-state index contributed by atoms with van der Waals surface area (Å²) in [5.41, 5.74) is 5.91. The third-order valence-electron chi connectivity index (χ3n) is 1.78. The van der Waals surface area contributed by atoms with E-state index in [1.54, 1.807) is 12.3 Å². The number of ether oxygens (including phenoxy) is 1. The summed E-state index contributed by atoms with van der Waals surface area (Å²) in [6.45, 7) is 9.77. The molecule has 1 aromatic heterocycles. The van der Waals surface area contributed by atoms with Crippen molar-refractivity contribution in [3.05, 3.63) is 22.3 Å². The molecule has 1 aromatic rings. The van der Waals surface area contributed by atoms with Crippen LogP contribution in [0.1, 0.15) is 40.2 Å². The van der Waals surface area contributed by atoms with Gasteiger partial charge >= 0.3 is 6.09 Å². The lowest BCUT2D eigenvalue weighted by Gasteiger charge is -2.19. The Balaban J connectivity index is 0.00000154. The van der Waals surface area contributed by atoms with Crippen molar-refractivity contribution < 1.29 is 9.53 Å². The Hall–Kier alpha value is -1.30. The van der Waals surface area contributed by atoms with Crippen molar-refractivity contribution >= 4 is 27.8 Å². The number of aromatic nitrogens is 1. The standard InChI is InChI=1S/C11H16BrN3O2.C2H6/c1-11(2,3)17-10(16)15-5-7-4-9(13)14-6-8(7)12;1-2/h4,6H,5H2,1-3H3,(H2,13,14)(H,15,16);1-2H3. The van der Waals surface area contributed by atoms with Gasteiger partial charge in [0.05, 0.1) is 0 Å². The van der Waals surface area contributed by atoms with E-state index >= 15 is 0 Å². The molecule has 1 amide bonds. The number of nitrogens with zero attached hydrogens (tertiary/aromatic N) is 1. The Bertz CT molecular complexity index is 417. The van der Waals surface area contributed by atoms with E-state index in [1.807, 2.05) is 34.6 Å². The Morgan fingerprint density at radius 2 is 2.05 bits per heavy atom. The molecule has 0 spiro atoms. The van der Waals surface area contributed by atoms with Gasteiger partial charge in [0, 0.05) is 17.2 Å². The maximum Gasteiger partial charge on any atom is 0.407 e. The van der Waals surface area contributed by atoms with E-state index in [0.717, 1.165) is 10.0 Å². The molecule has 0 aromatic carbocycles. The van der Waals surface area contributed by atoms with Crippen molar-refractivity contribution in [1.29, 1.82) is 0 Å². The summed E-state index contributed by atoms with van der Waals surface area (Å²) in [4.78, 5) is 15.3. The summed E-state index contributed by atoms with van der Waals surface area (Å²) >= 11 is 3.33. The van der Waals surface area contributed by atoms with Gasteiger partial charge in [-0.1, -0.05) is 13.8 Å². The van der Waals surface area contributed by atoms with Crippen molar-refractivity contribution in [2.75, 3.05) is 5.73 Å². The van der Waals surface area contributed by atoms with E-state index in [-0.39, 0.29) is 0 Å². The number of rotatable bonds is 2. The molecule has 0 radical (unpaired) electrons. The highest BCUT2D eigenvalue weighted by Crippen LogP contribution is 2.17. The minimum Gasteiger partial charge on any atom is -0.444 e. The molecule has 0 aliphatic carbocycles. The molecule has 0 aliphatic heterocycles. The monoisotopic (exact) mass is 331 g/mol. The molecule has 0 saturated carbocycles. The number of anilines is 1. The molecule has 1 rings (SSSR count). The number of hydrogen-bond donors (Lipinski definition) is 2. The fraction of sp³-hybridized carbons (Fsp3) is 0.538. The first-order valence-corrected chi connectivity index (χ1v) is 6.94. The van der Waals surface area contributed by atoms with Gasteiger partial charge in [0.2, 0.25) is 0 Å². The predicted octanol–water partition coefficient (Wildman–Crippen LogP) is 3.48. The van der Waals surface area contributed by atoms with Crippen molar-refractivity contribution in [3.8, 4) is 0 Å². The molecule has 0 unspecified atom stereocenters. The molecular formula is C13H22BrN3O2. The highest BCUT2D eigenvalue weighted by atomic mass is 79.9. The van der Waals surface area contributed by atoms with Crippen LogP contribution in [0.4, 0.5) is 10.6 Å². The van der Waals surface area contributed by atoms with Crippen LogP contribution in [0.25, 0.3) is 0 Å². The quantitative estimate of drug-likeness (QED) is 0.869. The molecule has 0 atom stereocenters. The van der Waals surface area contributed by atoms with Crippen molar-refractivity contribution in [3.63, 3.8) is 0 Å². The lowest BCUT2D eigenvalue weighted by molar-refractivity contribution is 0.0523. The topological polar surface area (TPSA) is 77.2 Å². The number of carbonyl (C=O) groups excluding carboxylic acids is 1. The van der Waals surface area contributed by atoms with Crippen molar-refractivity contribution in [1.82, 2.24) is 10.3 Å². The van der Waals surface area contributed by atoms with E-state index in [1.165, 1.54) is 0 Å². The zero-order chi connectivity index (χ0) is 15.1. The SMILES string of the molecule is CC.CC(C)(C)OC(=O)NCc1cc(N)ncc1Br. The van der Waals surface area contributed by atoms with Crippen LogP contribution in [0.2, 0.25) is 0 Å². The van der Waals surface area contributed by atoms with E-state index in [2.05, 4.69) is 26.2 Å². The molecule has 5 nitrogen and oxygen atoms in total. The van der Waals surface area contributed by atoms with Crippen LogP contribution in [-0.4, -0.2) is 16.7 Å². The van der Waals surface area contributed by atoms with Crippen molar-refractivity contribution in [2.45, 2.75) is 46.8 Å². The molecular weight excluding hydrogens is 310 g/mol. The van der Waals surface area contributed by atoms with Crippen LogP contribution >= 0.6 is 15.9 Å². The zero-order valence-corrected chi connectivity index (χ0v) is 13.7. The molecule has 3 N–H and O–H groups in total. The van der Waals surface area contributed by atoms with E-state index < -0.39 is 11.7 Å². The second-order valence-electron chi connectivity index (χ2n) is 4.56. The smallest absolute Gasteiger partial charge is 0.407 e. The van der Waals surface area contributed by atoms with E-state index in [9.17, 15) is 4.79 Å². The first-order chi connectivity index (χ1) is 8.78. The molecule has 0 aliphatic rings. The van der Waals surface area contributed by atoms with Gasteiger partial charge < -0.3 is 15.8 Å². The van der Waals surface area contributed by atoms with Crippen molar-refractivity contribution in [2.24, 2.45) is 0 Å². The normalized spacial score (nSPS) is 10.2. The summed E-state index contributed by atoms with van der Waals surface area (Å²) in [5.74, 6) is 0.411. The fourth-order valence-corrected chi connectivity index (χ4v) is 1.47. The third kappa shape index (κ3) is 7.66. The summed E-state index contributed by atoms with van der Waals surface area (Å²) in [7, 11) is 0. The Morgan fingerprint density at radius 3 is 2.58 bits per heavy atom. The minimum absolute atomic E-state index is 0.336. The number of nitrogen functional groups attached to an aromatic ring is 1. The molecule has 0 saturated heterocycles. The average molecular weight is 332 g/mol. The zero-order valence-electron chi connectivity index (χ0n) is 12.1. The number of hydrogen-bond acceptors (Lipinski definition) is 4. The van der Waals surface area contributed by atoms with Gasteiger partial charge in [-0.25, -0.2) is 9.78 Å². The number of halogens is 1. The van der Waals surface area contributed by atoms with Gasteiger partial charge in [-0.2, -0.15) is 0 Å². The highest BCUT2D eigenvalue weighted by molar-refractivity contribution is 9.10. The number of amides is 1. The first-order valence-electron chi connectivity index (χ1n) is 6.14.